The molecule has 0 radical (unpaired) electrons. The van der Waals surface area contributed by atoms with Crippen molar-refractivity contribution in [3.63, 3.8) is 0 Å². The third kappa shape index (κ3) is 7.89. The minimum Gasteiger partial charge on any atom is -0.484 e. The largest absolute Gasteiger partial charge is 0.484 e. The van der Waals surface area contributed by atoms with Crippen LogP contribution in [0.4, 0.5) is 0 Å². The van der Waals surface area contributed by atoms with Crippen LogP contribution < -0.4 is 10.1 Å². The molecule has 1 atom stereocenters. The molecule has 6 heteroatoms. The predicted octanol–water partition coefficient (Wildman–Crippen LogP) is 4.83. The first-order valence-electron chi connectivity index (χ1n) is 11.0. The Morgan fingerprint density at radius 1 is 0.879 bits per heavy atom. The van der Waals surface area contributed by atoms with E-state index in [1.54, 1.807) is 4.90 Å². The highest BCUT2D eigenvalue weighted by Gasteiger charge is 2.31. The van der Waals surface area contributed by atoms with Crippen molar-refractivity contribution in [2.45, 2.75) is 38.9 Å². The van der Waals surface area contributed by atoms with Gasteiger partial charge >= 0.3 is 0 Å². The fourth-order valence-corrected chi connectivity index (χ4v) is 3.83. The Kier molecular flexibility index (Phi) is 9.30. The van der Waals surface area contributed by atoms with E-state index in [1.165, 1.54) is 0 Å². The first kappa shape index (κ1) is 24.8. The van der Waals surface area contributed by atoms with E-state index < -0.39 is 6.04 Å². The number of nitrogens with zero attached hydrogens (tertiary/aromatic N) is 1. The molecule has 3 rings (SSSR count). The number of hydrogen-bond donors (Lipinski definition) is 1. The van der Waals surface area contributed by atoms with Crippen molar-refractivity contribution in [1.82, 2.24) is 10.2 Å². The van der Waals surface area contributed by atoms with Crippen molar-refractivity contribution in [3.8, 4) is 5.75 Å². The number of carbonyl (C=O) groups excluding carboxylic acids is 2. The van der Waals surface area contributed by atoms with E-state index in [-0.39, 0.29) is 24.5 Å². The van der Waals surface area contributed by atoms with E-state index in [2.05, 4.69) is 27.9 Å². The molecule has 33 heavy (non-hydrogen) atoms. The topological polar surface area (TPSA) is 58.6 Å². The van der Waals surface area contributed by atoms with Gasteiger partial charge in [-0.1, -0.05) is 60.7 Å². The van der Waals surface area contributed by atoms with Gasteiger partial charge in [0.05, 0.1) is 0 Å². The number of nitrogens with one attached hydrogen (secondary N) is 1. The van der Waals surface area contributed by atoms with Crippen LogP contribution >= 0.6 is 22.6 Å². The second kappa shape index (κ2) is 12.4. The number of benzene rings is 3. The zero-order chi connectivity index (χ0) is 23.6. The first-order valence-corrected chi connectivity index (χ1v) is 12.1. The maximum Gasteiger partial charge on any atom is 0.261 e. The standard InChI is InChI=1S/C27H29IN2O3/c1-20(2)29-27(32)25(17-21-9-5-3-6-10-21)30(18-22-11-7-4-8-12-22)26(31)19-33-24-15-13-23(28)14-16-24/h3-16,20,25H,17-19H2,1-2H3,(H,29,32)/t25-/m0/s1. The fraction of sp³-hybridized carbons (Fsp3) is 0.259. The smallest absolute Gasteiger partial charge is 0.261 e. The summed E-state index contributed by atoms with van der Waals surface area (Å²) in [4.78, 5) is 28.3. The summed E-state index contributed by atoms with van der Waals surface area (Å²) < 4.78 is 6.86. The monoisotopic (exact) mass is 556 g/mol. The zero-order valence-electron chi connectivity index (χ0n) is 18.9. The normalized spacial score (nSPS) is 11.6. The SMILES string of the molecule is CC(C)NC(=O)[C@H](Cc1ccccc1)N(Cc1ccccc1)C(=O)COc1ccc(I)cc1. The van der Waals surface area contributed by atoms with Crippen molar-refractivity contribution < 1.29 is 14.3 Å². The maximum atomic E-state index is 13.4. The third-order valence-corrected chi connectivity index (χ3v) is 5.79. The van der Waals surface area contributed by atoms with Gasteiger partial charge in [-0.05, 0) is 71.8 Å². The Hall–Kier alpha value is -2.87. The lowest BCUT2D eigenvalue weighted by atomic mass is 10.0. The molecule has 0 fully saturated rings. The molecule has 3 aromatic rings. The molecule has 0 aromatic heterocycles. The van der Waals surface area contributed by atoms with Crippen molar-refractivity contribution in [2.75, 3.05) is 6.61 Å². The van der Waals surface area contributed by atoms with Gasteiger partial charge in [0.15, 0.2) is 6.61 Å². The average molecular weight is 556 g/mol. The van der Waals surface area contributed by atoms with Crippen LogP contribution in [0.1, 0.15) is 25.0 Å². The summed E-state index contributed by atoms with van der Waals surface area (Å²) >= 11 is 2.22. The lowest BCUT2D eigenvalue weighted by molar-refractivity contribution is -0.143. The summed E-state index contributed by atoms with van der Waals surface area (Å²) in [6, 6.07) is 26.3. The third-order valence-electron chi connectivity index (χ3n) is 5.07. The minimum absolute atomic E-state index is 0.0347. The molecule has 0 aliphatic rings. The molecule has 5 nitrogen and oxygen atoms in total. The van der Waals surface area contributed by atoms with Gasteiger partial charge in [-0.15, -0.1) is 0 Å². The molecule has 3 aromatic carbocycles. The molecule has 0 aliphatic heterocycles. The lowest BCUT2D eigenvalue weighted by Crippen LogP contribution is -2.52. The van der Waals surface area contributed by atoms with Crippen molar-refractivity contribution in [3.05, 3.63) is 99.6 Å². The fourth-order valence-electron chi connectivity index (χ4n) is 3.47. The second-order valence-electron chi connectivity index (χ2n) is 8.12. The summed E-state index contributed by atoms with van der Waals surface area (Å²) in [5, 5.41) is 2.99. The van der Waals surface area contributed by atoms with Gasteiger partial charge in [0.1, 0.15) is 11.8 Å². The highest BCUT2D eigenvalue weighted by atomic mass is 127. The van der Waals surface area contributed by atoms with Crippen LogP contribution in [0.2, 0.25) is 0 Å². The summed E-state index contributed by atoms with van der Waals surface area (Å²) in [6.45, 7) is 4.01. The summed E-state index contributed by atoms with van der Waals surface area (Å²) in [7, 11) is 0. The predicted molar refractivity (Wildman–Crippen MR) is 139 cm³/mol. The Labute approximate surface area is 209 Å². The van der Waals surface area contributed by atoms with Gasteiger partial charge in [0.2, 0.25) is 5.91 Å². The molecular weight excluding hydrogens is 527 g/mol. The Morgan fingerprint density at radius 3 is 2.03 bits per heavy atom. The maximum absolute atomic E-state index is 13.4. The van der Waals surface area contributed by atoms with Crippen LogP contribution in [0.25, 0.3) is 0 Å². The summed E-state index contributed by atoms with van der Waals surface area (Å²) in [5.41, 5.74) is 1.95. The highest BCUT2D eigenvalue weighted by Crippen LogP contribution is 2.17. The van der Waals surface area contributed by atoms with Crippen molar-refractivity contribution in [1.29, 1.82) is 0 Å². The molecule has 172 valence electrons. The van der Waals surface area contributed by atoms with Gasteiger partial charge in [-0.3, -0.25) is 9.59 Å². The molecule has 0 heterocycles. The Balaban J connectivity index is 1.87. The van der Waals surface area contributed by atoms with Crippen molar-refractivity contribution in [2.24, 2.45) is 0 Å². The Bertz CT molecular complexity index is 1020. The molecular formula is C27H29IN2O3. The molecule has 0 unspecified atom stereocenters. The zero-order valence-corrected chi connectivity index (χ0v) is 21.1. The molecule has 0 bridgehead atoms. The van der Waals surface area contributed by atoms with Gasteiger partial charge in [-0.25, -0.2) is 0 Å². The molecule has 0 aliphatic carbocycles. The molecule has 0 spiro atoms. The number of carbonyl (C=O) groups is 2. The van der Waals surface area contributed by atoms with Crippen LogP contribution in [-0.2, 0) is 22.6 Å². The van der Waals surface area contributed by atoms with E-state index in [4.69, 9.17) is 4.74 Å². The number of halogens is 1. The van der Waals surface area contributed by atoms with E-state index in [0.29, 0.717) is 18.7 Å². The van der Waals surface area contributed by atoms with Gasteiger partial charge in [0.25, 0.3) is 5.91 Å². The quantitative estimate of drug-likeness (QED) is 0.364. The first-order chi connectivity index (χ1) is 15.9. The number of hydrogen-bond acceptors (Lipinski definition) is 3. The molecule has 0 saturated carbocycles. The number of ether oxygens (including phenoxy) is 1. The molecule has 2 amide bonds. The van der Waals surface area contributed by atoms with E-state index in [1.807, 2.05) is 98.8 Å². The molecule has 0 saturated heterocycles. The highest BCUT2D eigenvalue weighted by molar-refractivity contribution is 14.1. The van der Waals surface area contributed by atoms with Crippen LogP contribution in [0.15, 0.2) is 84.9 Å². The van der Waals surface area contributed by atoms with E-state index in [0.717, 1.165) is 14.7 Å². The van der Waals surface area contributed by atoms with Crippen LogP contribution in [0.3, 0.4) is 0 Å². The van der Waals surface area contributed by atoms with Gasteiger partial charge in [0, 0.05) is 22.6 Å². The average Bonchev–Trinajstić information content (AvgIpc) is 2.81. The minimum atomic E-state index is -0.664. The number of rotatable bonds is 10. The molecule has 1 N–H and O–H groups in total. The van der Waals surface area contributed by atoms with Gasteiger partial charge in [-0.2, -0.15) is 0 Å². The van der Waals surface area contributed by atoms with Crippen molar-refractivity contribution >= 4 is 34.4 Å². The van der Waals surface area contributed by atoms with Crippen LogP contribution in [-0.4, -0.2) is 35.4 Å². The van der Waals surface area contributed by atoms with Crippen LogP contribution in [0.5, 0.6) is 5.75 Å². The summed E-state index contributed by atoms with van der Waals surface area (Å²) in [6.07, 6.45) is 0.418. The lowest BCUT2D eigenvalue weighted by Gasteiger charge is -2.32. The van der Waals surface area contributed by atoms with E-state index in [9.17, 15) is 9.59 Å². The van der Waals surface area contributed by atoms with Crippen LogP contribution in [0, 0.1) is 3.57 Å². The van der Waals surface area contributed by atoms with E-state index >= 15 is 0 Å². The second-order valence-corrected chi connectivity index (χ2v) is 9.36. The Morgan fingerprint density at radius 2 is 1.45 bits per heavy atom. The summed E-state index contributed by atoms with van der Waals surface area (Å²) in [5.74, 6) is 0.208. The van der Waals surface area contributed by atoms with Gasteiger partial charge < -0.3 is 15.0 Å². The number of amides is 2.